The number of nitrogens with one attached hydrogen (secondary N) is 1. The molecule has 0 aliphatic rings. The molecule has 1 N–H and O–H groups in total. The van der Waals surface area contributed by atoms with E-state index in [-0.39, 0.29) is 0 Å². The highest BCUT2D eigenvalue weighted by molar-refractivity contribution is 9.10. The molecule has 0 fully saturated rings. The van der Waals surface area contributed by atoms with E-state index in [0.29, 0.717) is 12.5 Å². The lowest BCUT2D eigenvalue weighted by molar-refractivity contribution is 0.455. The third-order valence-corrected chi connectivity index (χ3v) is 3.27. The second-order valence-corrected chi connectivity index (χ2v) is 6.09. The van der Waals surface area contributed by atoms with Crippen LogP contribution < -0.4 is 5.32 Å². The van der Waals surface area contributed by atoms with E-state index in [4.69, 9.17) is 4.42 Å². The van der Waals surface area contributed by atoms with Crippen LogP contribution in [0.3, 0.4) is 0 Å². The molecule has 19 heavy (non-hydrogen) atoms. The van der Waals surface area contributed by atoms with Gasteiger partial charge in [0.05, 0.1) is 17.2 Å². The Morgan fingerprint density at radius 3 is 2.89 bits per heavy atom. The number of furan rings is 1. The summed E-state index contributed by atoms with van der Waals surface area (Å²) >= 11 is 3.39. The Labute approximate surface area is 122 Å². The fourth-order valence-electron chi connectivity index (χ4n) is 1.92. The molecular formula is C14H20BrN3O. The first-order chi connectivity index (χ1) is 9.04. The van der Waals surface area contributed by atoms with Crippen molar-refractivity contribution in [3.8, 4) is 0 Å². The maximum Gasteiger partial charge on any atom is 0.125 e. The van der Waals surface area contributed by atoms with Gasteiger partial charge in [-0.05, 0) is 41.4 Å². The van der Waals surface area contributed by atoms with Gasteiger partial charge in [0.1, 0.15) is 11.5 Å². The summed E-state index contributed by atoms with van der Waals surface area (Å²) in [7, 11) is 0. The average Bonchev–Trinajstić information content (AvgIpc) is 2.86. The van der Waals surface area contributed by atoms with E-state index in [2.05, 4.69) is 46.3 Å². The molecule has 5 heteroatoms. The van der Waals surface area contributed by atoms with Crippen molar-refractivity contribution in [3.05, 3.63) is 40.0 Å². The molecule has 0 aliphatic heterocycles. The molecule has 0 saturated heterocycles. The predicted molar refractivity (Wildman–Crippen MR) is 79.0 cm³/mol. The van der Waals surface area contributed by atoms with Gasteiger partial charge in [-0.15, -0.1) is 0 Å². The third-order valence-electron chi connectivity index (χ3n) is 2.86. The number of aromatic nitrogens is 2. The van der Waals surface area contributed by atoms with E-state index in [0.717, 1.165) is 29.1 Å². The summed E-state index contributed by atoms with van der Waals surface area (Å²) in [6.45, 7) is 8.96. The van der Waals surface area contributed by atoms with Crippen LogP contribution in [0.2, 0.25) is 0 Å². The van der Waals surface area contributed by atoms with Gasteiger partial charge in [0.2, 0.25) is 0 Å². The minimum atomic E-state index is 0.660. The van der Waals surface area contributed by atoms with E-state index >= 15 is 0 Å². The van der Waals surface area contributed by atoms with Crippen molar-refractivity contribution < 1.29 is 4.42 Å². The Bertz CT molecular complexity index is 531. The Kier molecular flexibility index (Phi) is 4.82. The highest BCUT2D eigenvalue weighted by Gasteiger charge is 2.08. The highest BCUT2D eigenvalue weighted by atomic mass is 79.9. The van der Waals surface area contributed by atoms with E-state index in [1.807, 2.05) is 17.8 Å². The van der Waals surface area contributed by atoms with Crippen LogP contribution in [0.25, 0.3) is 0 Å². The van der Waals surface area contributed by atoms with Gasteiger partial charge in [-0.2, -0.15) is 5.10 Å². The van der Waals surface area contributed by atoms with Crippen molar-refractivity contribution in [2.75, 3.05) is 6.54 Å². The summed E-state index contributed by atoms with van der Waals surface area (Å²) in [5.41, 5.74) is 1.22. The SMILES string of the molecule is Cc1oc(Cn2cc(Br)cn2)cc1CNCC(C)C. The Morgan fingerprint density at radius 2 is 2.26 bits per heavy atom. The van der Waals surface area contributed by atoms with Gasteiger partial charge in [0.15, 0.2) is 0 Å². The predicted octanol–water partition coefficient (Wildman–Crippen LogP) is 3.34. The lowest BCUT2D eigenvalue weighted by Crippen LogP contribution is -2.18. The maximum atomic E-state index is 5.77. The molecule has 0 spiro atoms. The van der Waals surface area contributed by atoms with E-state index in [9.17, 15) is 0 Å². The molecule has 0 saturated carbocycles. The van der Waals surface area contributed by atoms with Crippen molar-refractivity contribution in [1.29, 1.82) is 0 Å². The Hall–Kier alpha value is -1.07. The van der Waals surface area contributed by atoms with Gasteiger partial charge in [-0.1, -0.05) is 13.8 Å². The molecule has 0 radical (unpaired) electrons. The normalized spacial score (nSPS) is 11.4. The fourth-order valence-corrected chi connectivity index (χ4v) is 2.25. The van der Waals surface area contributed by atoms with Crippen LogP contribution in [0.5, 0.6) is 0 Å². The van der Waals surface area contributed by atoms with Crippen LogP contribution in [0.4, 0.5) is 0 Å². The standard InChI is InChI=1S/C14H20BrN3O/c1-10(2)5-16-6-12-4-14(19-11(12)3)9-18-8-13(15)7-17-18/h4,7-8,10,16H,5-6,9H2,1-3H3. The Morgan fingerprint density at radius 1 is 1.47 bits per heavy atom. The van der Waals surface area contributed by atoms with Gasteiger partial charge in [0.25, 0.3) is 0 Å². The van der Waals surface area contributed by atoms with Gasteiger partial charge in [-0.25, -0.2) is 0 Å². The van der Waals surface area contributed by atoms with Crippen LogP contribution in [0.15, 0.2) is 27.3 Å². The lowest BCUT2D eigenvalue weighted by Gasteiger charge is -2.05. The molecule has 0 aliphatic carbocycles. The number of aryl methyl sites for hydroxylation is 1. The first kappa shape index (κ1) is 14.3. The highest BCUT2D eigenvalue weighted by Crippen LogP contribution is 2.16. The first-order valence-electron chi connectivity index (χ1n) is 6.51. The van der Waals surface area contributed by atoms with Crippen LogP contribution in [0, 0.1) is 12.8 Å². The molecular weight excluding hydrogens is 306 g/mol. The van der Waals surface area contributed by atoms with E-state index in [1.54, 1.807) is 6.20 Å². The second kappa shape index (κ2) is 6.39. The van der Waals surface area contributed by atoms with Gasteiger partial charge < -0.3 is 9.73 Å². The topological polar surface area (TPSA) is 43.0 Å². The molecule has 104 valence electrons. The lowest BCUT2D eigenvalue weighted by atomic mass is 10.2. The van der Waals surface area contributed by atoms with Crippen molar-refractivity contribution in [3.63, 3.8) is 0 Å². The molecule has 2 aromatic rings. The minimum Gasteiger partial charge on any atom is -0.464 e. The quantitative estimate of drug-likeness (QED) is 0.885. The van der Waals surface area contributed by atoms with Crippen LogP contribution in [-0.4, -0.2) is 16.3 Å². The van der Waals surface area contributed by atoms with Crippen LogP contribution >= 0.6 is 15.9 Å². The molecule has 0 aromatic carbocycles. The smallest absolute Gasteiger partial charge is 0.125 e. The van der Waals surface area contributed by atoms with Crippen molar-refractivity contribution >= 4 is 15.9 Å². The third kappa shape index (κ3) is 4.21. The van der Waals surface area contributed by atoms with Gasteiger partial charge in [0, 0.05) is 18.3 Å². The number of hydrogen-bond donors (Lipinski definition) is 1. The molecule has 2 aromatic heterocycles. The summed E-state index contributed by atoms with van der Waals surface area (Å²) in [6.07, 6.45) is 3.72. The number of rotatable bonds is 6. The molecule has 4 nitrogen and oxygen atoms in total. The van der Waals surface area contributed by atoms with Crippen molar-refractivity contribution in [2.45, 2.75) is 33.9 Å². The number of hydrogen-bond acceptors (Lipinski definition) is 3. The second-order valence-electron chi connectivity index (χ2n) is 5.18. The average molecular weight is 326 g/mol. The van der Waals surface area contributed by atoms with Gasteiger partial charge in [-0.3, -0.25) is 4.68 Å². The summed E-state index contributed by atoms with van der Waals surface area (Å²) in [6, 6.07) is 2.11. The van der Waals surface area contributed by atoms with Crippen molar-refractivity contribution in [2.24, 2.45) is 5.92 Å². The van der Waals surface area contributed by atoms with Crippen LogP contribution in [-0.2, 0) is 13.1 Å². The number of halogens is 1. The summed E-state index contributed by atoms with van der Waals surface area (Å²) in [4.78, 5) is 0. The molecule has 0 atom stereocenters. The maximum absolute atomic E-state index is 5.77. The molecule has 2 rings (SSSR count). The monoisotopic (exact) mass is 325 g/mol. The zero-order valence-corrected chi connectivity index (χ0v) is 13.2. The zero-order chi connectivity index (χ0) is 13.8. The first-order valence-corrected chi connectivity index (χ1v) is 7.30. The zero-order valence-electron chi connectivity index (χ0n) is 11.6. The largest absolute Gasteiger partial charge is 0.464 e. The van der Waals surface area contributed by atoms with Crippen LogP contribution in [0.1, 0.15) is 30.9 Å². The summed E-state index contributed by atoms with van der Waals surface area (Å²) < 4.78 is 8.61. The van der Waals surface area contributed by atoms with Crippen molar-refractivity contribution in [1.82, 2.24) is 15.1 Å². The molecule has 0 amide bonds. The Balaban J connectivity index is 1.96. The van der Waals surface area contributed by atoms with E-state index in [1.165, 1.54) is 5.56 Å². The van der Waals surface area contributed by atoms with Gasteiger partial charge >= 0.3 is 0 Å². The molecule has 0 unspecified atom stereocenters. The molecule has 0 bridgehead atoms. The minimum absolute atomic E-state index is 0.660. The molecule has 2 heterocycles. The summed E-state index contributed by atoms with van der Waals surface area (Å²) in [5.74, 6) is 2.58. The number of nitrogens with zero attached hydrogens (tertiary/aromatic N) is 2. The summed E-state index contributed by atoms with van der Waals surface area (Å²) in [5, 5.41) is 7.66. The van der Waals surface area contributed by atoms with E-state index < -0.39 is 0 Å². The fraction of sp³-hybridized carbons (Fsp3) is 0.500.